The van der Waals surface area contributed by atoms with Crippen molar-refractivity contribution >= 4 is 29.0 Å². The molecule has 82 valence electrons. The van der Waals surface area contributed by atoms with Gasteiger partial charge in [0.2, 0.25) is 0 Å². The lowest BCUT2D eigenvalue weighted by molar-refractivity contribution is 0.713. The van der Waals surface area contributed by atoms with Gasteiger partial charge in [0, 0.05) is 18.8 Å². The Morgan fingerprint density at radius 1 is 1.44 bits per heavy atom. The average molecular weight is 253 g/mol. The van der Waals surface area contributed by atoms with E-state index in [-0.39, 0.29) is 6.04 Å². The van der Waals surface area contributed by atoms with Crippen molar-refractivity contribution < 1.29 is 0 Å². The second kappa shape index (κ2) is 3.40. The van der Waals surface area contributed by atoms with Gasteiger partial charge in [-0.2, -0.15) is 8.75 Å². The van der Waals surface area contributed by atoms with E-state index in [0.29, 0.717) is 5.15 Å². The summed E-state index contributed by atoms with van der Waals surface area (Å²) in [6.45, 7) is 2.09. The number of halogens is 1. The van der Waals surface area contributed by atoms with Gasteiger partial charge in [-0.1, -0.05) is 11.6 Å². The van der Waals surface area contributed by atoms with Crippen molar-refractivity contribution in [3.05, 3.63) is 23.1 Å². The van der Waals surface area contributed by atoms with Crippen LogP contribution in [0, 0.1) is 0 Å². The summed E-state index contributed by atoms with van der Waals surface area (Å²) >= 11 is 7.38. The number of anilines is 1. The molecule has 1 atom stereocenters. The molecule has 0 aromatic carbocycles. The number of aromatic nitrogens is 3. The highest BCUT2D eigenvalue weighted by molar-refractivity contribution is 6.99. The quantitative estimate of drug-likeness (QED) is 0.676. The Hall–Kier alpha value is -1.20. The third kappa shape index (κ3) is 1.18. The van der Waals surface area contributed by atoms with Crippen LogP contribution in [0.25, 0.3) is 11.3 Å². The van der Waals surface area contributed by atoms with Gasteiger partial charge >= 0.3 is 0 Å². The molecule has 0 radical (unpaired) electrons. The molecule has 0 spiro atoms. The number of hydrogen-bond donors (Lipinski definition) is 0. The van der Waals surface area contributed by atoms with E-state index in [2.05, 4.69) is 25.6 Å². The third-order valence-electron chi connectivity index (χ3n) is 2.98. The van der Waals surface area contributed by atoms with E-state index in [1.807, 2.05) is 13.1 Å². The van der Waals surface area contributed by atoms with Crippen molar-refractivity contribution in [2.75, 3.05) is 11.9 Å². The molecule has 4 nitrogen and oxygen atoms in total. The molecule has 6 heteroatoms. The van der Waals surface area contributed by atoms with Gasteiger partial charge in [0.05, 0.1) is 23.5 Å². The number of nitrogens with zero attached hydrogens (tertiary/aromatic N) is 4. The molecule has 0 aliphatic carbocycles. The maximum atomic E-state index is 6.14. The molecule has 0 amide bonds. The summed E-state index contributed by atoms with van der Waals surface area (Å²) < 4.78 is 8.68. The molecule has 1 unspecified atom stereocenters. The molecule has 0 fully saturated rings. The average Bonchev–Trinajstić information content (AvgIpc) is 2.74. The van der Waals surface area contributed by atoms with Gasteiger partial charge in [-0.3, -0.25) is 0 Å². The highest BCUT2D eigenvalue weighted by atomic mass is 35.5. The largest absolute Gasteiger partial charge is 0.363 e. The van der Waals surface area contributed by atoms with Crippen LogP contribution in [-0.4, -0.2) is 20.8 Å². The highest BCUT2D eigenvalue weighted by Gasteiger charge is 2.31. The molecule has 2 aromatic heterocycles. The summed E-state index contributed by atoms with van der Waals surface area (Å²) in [4.78, 5) is 6.21. The fraction of sp³-hybridized carbons (Fsp3) is 0.300. The lowest BCUT2D eigenvalue weighted by Gasteiger charge is -2.32. The minimum atomic E-state index is 0.183. The lowest BCUT2D eigenvalue weighted by atomic mass is 9.99. The zero-order valence-corrected chi connectivity index (χ0v) is 10.4. The van der Waals surface area contributed by atoms with Gasteiger partial charge in [-0.15, -0.1) is 0 Å². The highest BCUT2D eigenvalue weighted by Crippen LogP contribution is 2.44. The Labute approximate surface area is 102 Å². The first-order chi connectivity index (χ1) is 7.70. The lowest BCUT2D eigenvalue weighted by Crippen LogP contribution is -2.26. The molecule has 1 aliphatic rings. The van der Waals surface area contributed by atoms with Crippen LogP contribution in [0.1, 0.15) is 18.7 Å². The maximum absolute atomic E-state index is 6.14. The standard InChI is InChI=1S/C10H9ClN4S/c1-5-7-8(14-16-13-7)6-3-4-12-10(11)9(6)15(5)2/h3-5H,1-2H3. The normalized spacial score (nSPS) is 18.2. The van der Waals surface area contributed by atoms with Gasteiger partial charge in [0.15, 0.2) is 5.15 Å². The van der Waals surface area contributed by atoms with Crippen LogP contribution in [-0.2, 0) is 0 Å². The van der Waals surface area contributed by atoms with E-state index in [0.717, 1.165) is 22.6 Å². The van der Waals surface area contributed by atoms with Crippen LogP contribution in [0.3, 0.4) is 0 Å². The van der Waals surface area contributed by atoms with Gasteiger partial charge in [0.1, 0.15) is 11.4 Å². The van der Waals surface area contributed by atoms with E-state index in [9.17, 15) is 0 Å². The zero-order valence-electron chi connectivity index (χ0n) is 8.81. The minimum Gasteiger partial charge on any atom is -0.363 e. The number of fused-ring (bicyclic) bond motifs is 3. The fourth-order valence-electron chi connectivity index (χ4n) is 1.99. The van der Waals surface area contributed by atoms with Crippen LogP contribution in [0.2, 0.25) is 5.15 Å². The number of hydrogen-bond acceptors (Lipinski definition) is 5. The Morgan fingerprint density at radius 2 is 2.25 bits per heavy atom. The molecule has 3 heterocycles. The SMILES string of the molecule is CC1c2nsnc2-c2ccnc(Cl)c2N1C. The summed E-state index contributed by atoms with van der Waals surface area (Å²) in [7, 11) is 2.00. The summed E-state index contributed by atoms with van der Waals surface area (Å²) in [6, 6.07) is 2.12. The molecular formula is C10H9ClN4S. The second-order valence-corrected chi connectivity index (χ2v) is 4.67. The van der Waals surface area contributed by atoms with Gasteiger partial charge in [-0.05, 0) is 13.0 Å². The monoisotopic (exact) mass is 252 g/mol. The van der Waals surface area contributed by atoms with Crippen molar-refractivity contribution in [3.8, 4) is 11.3 Å². The summed E-state index contributed by atoms with van der Waals surface area (Å²) in [6.07, 6.45) is 1.70. The Kier molecular flexibility index (Phi) is 2.12. The first-order valence-electron chi connectivity index (χ1n) is 4.90. The third-order valence-corrected chi connectivity index (χ3v) is 3.80. The zero-order chi connectivity index (χ0) is 11.3. The van der Waals surface area contributed by atoms with Crippen LogP contribution in [0.5, 0.6) is 0 Å². The summed E-state index contributed by atoms with van der Waals surface area (Å²) in [5.41, 5.74) is 3.92. The van der Waals surface area contributed by atoms with Crippen LogP contribution in [0.15, 0.2) is 12.3 Å². The molecule has 3 rings (SSSR count). The van der Waals surface area contributed by atoms with E-state index in [1.165, 1.54) is 11.7 Å². The fourth-order valence-corrected chi connectivity index (χ4v) is 2.92. The Balaban J connectivity index is 2.35. The smallest absolute Gasteiger partial charge is 0.152 e. The van der Waals surface area contributed by atoms with Crippen LogP contribution in [0.4, 0.5) is 5.69 Å². The second-order valence-electron chi connectivity index (χ2n) is 3.78. The predicted octanol–water partition coefficient (Wildman–Crippen LogP) is 2.76. The predicted molar refractivity (Wildman–Crippen MR) is 65.0 cm³/mol. The Bertz CT molecular complexity index is 554. The van der Waals surface area contributed by atoms with Crippen molar-refractivity contribution in [1.82, 2.24) is 13.7 Å². The first kappa shape index (κ1) is 9.99. The summed E-state index contributed by atoms with van der Waals surface area (Å²) in [5.74, 6) is 0. The van der Waals surface area contributed by atoms with Crippen molar-refractivity contribution in [2.45, 2.75) is 13.0 Å². The van der Waals surface area contributed by atoms with Gasteiger partial charge < -0.3 is 4.90 Å². The van der Waals surface area contributed by atoms with Gasteiger partial charge in [0.25, 0.3) is 0 Å². The molecule has 1 aliphatic heterocycles. The van der Waals surface area contributed by atoms with Crippen LogP contribution >= 0.6 is 23.3 Å². The molecule has 0 saturated heterocycles. The maximum Gasteiger partial charge on any atom is 0.152 e. The van der Waals surface area contributed by atoms with E-state index < -0.39 is 0 Å². The molecule has 16 heavy (non-hydrogen) atoms. The molecular weight excluding hydrogens is 244 g/mol. The first-order valence-corrected chi connectivity index (χ1v) is 6.01. The molecule has 0 N–H and O–H groups in total. The van der Waals surface area contributed by atoms with Gasteiger partial charge in [-0.25, -0.2) is 4.98 Å². The minimum absolute atomic E-state index is 0.183. The van der Waals surface area contributed by atoms with E-state index in [4.69, 9.17) is 11.6 Å². The molecule has 2 aromatic rings. The molecule has 0 bridgehead atoms. The van der Waals surface area contributed by atoms with E-state index in [1.54, 1.807) is 6.20 Å². The van der Waals surface area contributed by atoms with Crippen molar-refractivity contribution in [2.24, 2.45) is 0 Å². The van der Waals surface area contributed by atoms with Crippen molar-refractivity contribution in [1.29, 1.82) is 0 Å². The van der Waals surface area contributed by atoms with Crippen molar-refractivity contribution in [3.63, 3.8) is 0 Å². The number of pyridine rings is 1. The Morgan fingerprint density at radius 3 is 3.06 bits per heavy atom. The van der Waals surface area contributed by atoms with Crippen LogP contribution < -0.4 is 4.90 Å². The summed E-state index contributed by atoms with van der Waals surface area (Å²) in [5, 5.41) is 0.519. The molecule has 0 saturated carbocycles. The van der Waals surface area contributed by atoms with E-state index >= 15 is 0 Å². The topological polar surface area (TPSA) is 41.9 Å². The number of rotatable bonds is 0.